The molecule has 2 aliphatic rings. The smallest absolute Gasteiger partial charge is 0.330 e. The second-order valence-electron chi connectivity index (χ2n) is 27.2. The zero-order chi connectivity index (χ0) is 74.0. The highest BCUT2D eigenvalue weighted by Crippen LogP contribution is 2.36. The molecule has 2 fully saturated rings. The molecule has 1 aromatic heterocycles. The average molecular weight is 1470 g/mol. The van der Waals surface area contributed by atoms with Gasteiger partial charge in [-0.15, -0.1) is 0 Å². The number of hydrogen-bond acceptors (Lipinski definition) is 20. The lowest BCUT2D eigenvalue weighted by molar-refractivity contribution is -0.218. The maximum atomic E-state index is 13.9. The predicted molar refractivity (Wildman–Crippen MR) is 411 cm³/mol. The van der Waals surface area contributed by atoms with E-state index in [2.05, 4.69) is 19.2 Å². The van der Waals surface area contributed by atoms with Crippen LogP contribution in [0.3, 0.4) is 0 Å². The Balaban J connectivity index is 0.733. The summed E-state index contributed by atoms with van der Waals surface area (Å²) < 4.78 is 40.7. The van der Waals surface area contributed by atoms with Gasteiger partial charge in [-0.3, -0.25) is 14.4 Å². The monoisotopic (exact) mass is 1470 g/mol. The molecule has 0 radical (unpaired) electrons. The lowest BCUT2D eigenvalue weighted by Crippen LogP contribution is -2.27. The van der Waals surface area contributed by atoms with Gasteiger partial charge in [0.2, 0.25) is 5.13 Å². The molecular weight excluding hydrogens is 1360 g/mol. The van der Waals surface area contributed by atoms with E-state index in [-0.39, 0.29) is 41.6 Å². The fraction of sp³-hybridized carbons (Fsp3) is 0.453. The van der Waals surface area contributed by atoms with E-state index in [0.717, 1.165) is 173 Å². The maximum absolute atomic E-state index is 13.9. The first kappa shape index (κ1) is 80.7. The van der Waals surface area contributed by atoms with Crippen LogP contribution in [0.15, 0.2) is 182 Å². The van der Waals surface area contributed by atoms with E-state index < -0.39 is 17.9 Å². The SMILES string of the molecule is C=CC(=O)OCCCCCCOc1ccc(OOCC2CCC(C(=O)Oc3ccc(OOCC4CCC(C(=O)Oc5ccc(OCCCCCCOC(=O)C=C)cc5)CC4)c(/C=N/N(CCCCCCCCCCCCOC(=O)C(c4ccccc4)c4ccccc4)c4nc5ccccc5s4)c3)CC2)cc1. The summed E-state index contributed by atoms with van der Waals surface area (Å²) in [6.07, 6.45) is 27.4. The van der Waals surface area contributed by atoms with E-state index in [1.54, 1.807) is 47.9 Å². The number of ether oxygens (including phenoxy) is 7. The molecule has 20 heteroatoms. The second-order valence-corrected chi connectivity index (χ2v) is 28.2. The van der Waals surface area contributed by atoms with Crippen LogP contribution in [-0.4, -0.2) is 93.8 Å². The molecule has 1 heterocycles. The minimum absolute atomic E-state index is 0.146. The molecule has 0 amide bonds. The number of para-hydroxylation sites is 1. The Labute approximate surface area is 628 Å². The zero-order valence-electron chi connectivity index (χ0n) is 61.3. The van der Waals surface area contributed by atoms with Gasteiger partial charge < -0.3 is 42.9 Å². The Morgan fingerprint density at radius 1 is 0.462 bits per heavy atom. The largest absolute Gasteiger partial charge is 0.494 e. The van der Waals surface area contributed by atoms with Crippen molar-refractivity contribution in [3.05, 3.63) is 194 Å². The van der Waals surface area contributed by atoms with Crippen LogP contribution >= 0.6 is 11.3 Å². The normalized spacial score (nSPS) is 15.7. The van der Waals surface area contributed by atoms with Crippen LogP contribution in [0.25, 0.3) is 10.2 Å². The first-order chi connectivity index (χ1) is 52.1. The number of hydrazone groups is 1. The summed E-state index contributed by atoms with van der Waals surface area (Å²) >= 11 is 1.58. The van der Waals surface area contributed by atoms with Gasteiger partial charge in [0, 0.05) is 24.3 Å². The quantitative estimate of drug-likeness (QED) is 0.00506. The summed E-state index contributed by atoms with van der Waals surface area (Å²) in [5.74, 6) is 1.06. The first-order valence-corrected chi connectivity index (χ1v) is 39.0. The van der Waals surface area contributed by atoms with Gasteiger partial charge in [0.1, 0.15) is 28.9 Å². The fourth-order valence-corrected chi connectivity index (χ4v) is 13.9. The van der Waals surface area contributed by atoms with Gasteiger partial charge in [-0.1, -0.05) is 149 Å². The number of rotatable bonds is 49. The van der Waals surface area contributed by atoms with Gasteiger partial charge in [0.15, 0.2) is 11.5 Å². The van der Waals surface area contributed by atoms with Crippen LogP contribution in [0, 0.1) is 23.7 Å². The molecule has 19 nitrogen and oxygen atoms in total. The zero-order valence-corrected chi connectivity index (χ0v) is 62.1. The van der Waals surface area contributed by atoms with Crippen LogP contribution in [0.5, 0.6) is 34.5 Å². The molecule has 0 saturated heterocycles. The predicted octanol–water partition coefficient (Wildman–Crippen LogP) is 19.2. The van der Waals surface area contributed by atoms with E-state index in [1.807, 2.05) is 120 Å². The third-order valence-electron chi connectivity index (χ3n) is 19.1. The molecule has 106 heavy (non-hydrogen) atoms. The summed E-state index contributed by atoms with van der Waals surface area (Å²) in [6, 6.07) is 47.4. The van der Waals surface area contributed by atoms with Crippen molar-refractivity contribution in [2.45, 2.75) is 173 Å². The number of unbranched alkanes of at least 4 members (excludes halogenated alkanes) is 15. The van der Waals surface area contributed by atoms with Crippen molar-refractivity contribution in [3.8, 4) is 34.5 Å². The van der Waals surface area contributed by atoms with Gasteiger partial charge >= 0.3 is 29.8 Å². The highest BCUT2D eigenvalue weighted by molar-refractivity contribution is 7.22. The van der Waals surface area contributed by atoms with Crippen molar-refractivity contribution < 1.29 is 76.7 Å². The Morgan fingerprint density at radius 2 is 0.896 bits per heavy atom. The average Bonchev–Trinajstić information content (AvgIpc) is 1.81. The topological polar surface area (TPSA) is 215 Å². The molecule has 7 aromatic rings. The molecule has 0 N–H and O–H groups in total. The first-order valence-electron chi connectivity index (χ1n) is 38.2. The molecule has 0 spiro atoms. The molecule has 0 unspecified atom stereocenters. The molecule has 9 rings (SSSR count). The van der Waals surface area contributed by atoms with Gasteiger partial charge in [-0.2, -0.15) is 14.9 Å². The van der Waals surface area contributed by atoms with E-state index >= 15 is 0 Å². The van der Waals surface area contributed by atoms with Crippen molar-refractivity contribution in [3.63, 3.8) is 0 Å². The molecule has 566 valence electrons. The van der Waals surface area contributed by atoms with Crippen LogP contribution in [-0.2, 0) is 48.0 Å². The van der Waals surface area contributed by atoms with Crippen molar-refractivity contribution in [1.82, 2.24) is 4.98 Å². The Kier molecular flexibility index (Phi) is 35.5. The number of carbonyl (C=O) groups is 5. The molecule has 6 aromatic carbocycles. The minimum Gasteiger partial charge on any atom is -0.494 e. The Bertz CT molecular complexity index is 3710. The molecule has 0 aliphatic heterocycles. The highest BCUT2D eigenvalue weighted by Gasteiger charge is 2.31. The summed E-state index contributed by atoms with van der Waals surface area (Å²) in [7, 11) is 0. The third-order valence-corrected chi connectivity index (χ3v) is 20.2. The van der Waals surface area contributed by atoms with E-state index in [9.17, 15) is 24.0 Å². The molecule has 2 saturated carbocycles. The van der Waals surface area contributed by atoms with Crippen molar-refractivity contribution in [1.29, 1.82) is 0 Å². The molecule has 2 aliphatic carbocycles. The molecule has 0 atom stereocenters. The summed E-state index contributed by atoms with van der Waals surface area (Å²) in [6.45, 7) is 10.5. The number of hydrogen-bond donors (Lipinski definition) is 0. The summed E-state index contributed by atoms with van der Waals surface area (Å²) in [5, 5.41) is 7.80. The maximum Gasteiger partial charge on any atom is 0.330 e. The van der Waals surface area contributed by atoms with Gasteiger partial charge in [0.05, 0.1) is 74.5 Å². The Hall–Kier alpha value is -9.37. The van der Waals surface area contributed by atoms with Crippen molar-refractivity contribution >= 4 is 62.7 Å². The van der Waals surface area contributed by atoms with Crippen LogP contribution in [0.2, 0.25) is 0 Å². The van der Waals surface area contributed by atoms with E-state index in [1.165, 1.54) is 12.2 Å². The third kappa shape index (κ3) is 28.8. The number of nitrogens with zero attached hydrogens (tertiary/aromatic N) is 3. The van der Waals surface area contributed by atoms with Crippen molar-refractivity contribution in [2.24, 2.45) is 28.8 Å². The number of anilines is 1. The summed E-state index contributed by atoms with van der Waals surface area (Å²) in [5.41, 5.74) is 3.32. The van der Waals surface area contributed by atoms with Crippen LogP contribution in [0.4, 0.5) is 5.13 Å². The summed E-state index contributed by atoms with van der Waals surface area (Å²) in [4.78, 5) is 91.5. The lowest BCUT2D eigenvalue weighted by Gasteiger charge is -2.27. The van der Waals surface area contributed by atoms with Crippen molar-refractivity contribution in [2.75, 3.05) is 57.8 Å². The molecule has 0 bridgehead atoms. The van der Waals surface area contributed by atoms with Gasteiger partial charge in [-0.05, 0) is 217 Å². The van der Waals surface area contributed by atoms with E-state index in [0.29, 0.717) is 113 Å². The number of benzene rings is 6. The second kappa shape index (κ2) is 46.6. The van der Waals surface area contributed by atoms with Gasteiger partial charge in [-0.25, -0.2) is 19.6 Å². The van der Waals surface area contributed by atoms with E-state index in [4.69, 9.17) is 62.8 Å². The molecular formula is C86H105N3O16S. The van der Waals surface area contributed by atoms with Crippen LogP contribution in [0.1, 0.15) is 190 Å². The highest BCUT2D eigenvalue weighted by atomic mass is 32.1. The Morgan fingerprint density at radius 3 is 1.42 bits per heavy atom. The number of esters is 5. The number of thiazole rings is 1. The lowest BCUT2D eigenvalue weighted by atomic mass is 9.82. The van der Waals surface area contributed by atoms with Gasteiger partial charge in [0.25, 0.3) is 0 Å². The number of fused-ring (bicyclic) bond motifs is 1. The number of carbonyl (C=O) groups excluding carboxylic acids is 5. The number of aromatic nitrogens is 1. The van der Waals surface area contributed by atoms with Crippen LogP contribution < -0.4 is 33.7 Å². The standard InChI is InChI=1S/C86H105N3O16S/c1-3-80(90)97-58-28-15-13-26-56-95-72-45-49-74(50-46-72)102-83(92)69-41-39-66(40-42-69)64-101-105-78-54-53-76(103-84(93)70-43-37-65(38-44-70)63-100-104-75-51-47-73(48-52-75)96-57-27-14-16-29-59-98-81(91)4-2)61-71(78)62-87-89(86-88-77-35-23-24-36-79(77)106-86)55-25-11-9-7-5-6-8-10-12-30-60-99-85(94)82(67-31-19-17-20-32-67)68-33-21-18-22-34-68/h3-4,17-24,31-36,45-54,61-62,65-66,69-70,82H,1-2,5-16,25-30,37-44,55-60,63-64H2/b87-62+. The minimum atomic E-state index is -0.438. The fourth-order valence-electron chi connectivity index (χ4n) is 12.9.